The molecule has 156 valence electrons. The second kappa shape index (κ2) is 9.52. The normalized spacial score (nSPS) is 10.3. The van der Waals surface area contributed by atoms with Crippen molar-refractivity contribution in [3.05, 3.63) is 84.7 Å². The number of amides is 1. The number of aromatic nitrogens is 1. The van der Waals surface area contributed by atoms with Gasteiger partial charge in [-0.05, 0) is 24.3 Å². The fraction of sp³-hybridized carbons (Fsp3) is 0.0952. The van der Waals surface area contributed by atoms with Crippen molar-refractivity contribution in [2.24, 2.45) is 0 Å². The first-order valence-electron chi connectivity index (χ1n) is 8.58. The fourth-order valence-corrected chi connectivity index (χ4v) is 3.60. The Morgan fingerprint density at radius 1 is 1.23 bits per heavy atom. The molecule has 0 saturated carbocycles. The molecule has 2 heterocycles. The van der Waals surface area contributed by atoms with Crippen molar-refractivity contribution in [1.82, 2.24) is 4.57 Å². The van der Waals surface area contributed by atoms with Gasteiger partial charge in [-0.1, -0.05) is 29.5 Å². The summed E-state index contributed by atoms with van der Waals surface area (Å²) >= 11 is 7.06. The molecule has 0 atom stereocenters. The molecule has 10 heteroatoms. The van der Waals surface area contributed by atoms with Crippen molar-refractivity contribution in [3.63, 3.8) is 0 Å². The summed E-state index contributed by atoms with van der Waals surface area (Å²) in [5.74, 6) is 3.72. The van der Waals surface area contributed by atoms with Crippen molar-refractivity contribution >= 4 is 34.5 Å². The molecule has 1 aromatic carbocycles. The quantitative estimate of drug-likeness (QED) is 0.582. The van der Waals surface area contributed by atoms with Crippen LogP contribution in [0.3, 0.4) is 0 Å². The van der Waals surface area contributed by atoms with E-state index >= 15 is 0 Å². The Bertz CT molecular complexity index is 1320. The van der Waals surface area contributed by atoms with Gasteiger partial charge in [0.2, 0.25) is 0 Å². The van der Waals surface area contributed by atoms with Gasteiger partial charge in [0.25, 0.3) is 17.9 Å². The molecule has 31 heavy (non-hydrogen) atoms. The Morgan fingerprint density at radius 2 is 1.97 bits per heavy atom. The molecule has 3 rings (SSSR count). The molecule has 0 unspecified atom stereocenters. The maximum absolute atomic E-state index is 13.7. The summed E-state index contributed by atoms with van der Waals surface area (Å²) in [6, 6.07) is 10.8. The molecule has 0 bridgehead atoms. The highest BCUT2D eigenvalue weighted by molar-refractivity contribution is 7.18. The lowest BCUT2D eigenvalue weighted by Crippen LogP contribution is -2.26. The molecule has 0 fully saturated rings. The molecule has 1 N–H and O–H groups in total. The van der Waals surface area contributed by atoms with E-state index in [-0.39, 0.29) is 14.9 Å². The molecule has 0 saturated heterocycles. The molecule has 5 nitrogen and oxygen atoms in total. The minimum absolute atomic E-state index is 0.145. The van der Waals surface area contributed by atoms with Gasteiger partial charge in [0.05, 0.1) is 34.3 Å². The Labute approximate surface area is 183 Å². The summed E-state index contributed by atoms with van der Waals surface area (Å²) in [6.07, 6.45) is -1.93. The highest BCUT2D eigenvalue weighted by Gasteiger charge is 2.16. The minimum Gasteiger partial charge on any atom is -0.320 e. The van der Waals surface area contributed by atoms with Crippen LogP contribution in [0.1, 0.15) is 26.4 Å². The number of benzene rings is 1. The SMILES string of the molecule is N#Cc1cccc(C#Cc2cc(C(=O)Nc3cc(F)c(=O)n(CC(F)F)c3)sc2Cl)c1. The lowest BCUT2D eigenvalue weighted by Gasteiger charge is -2.09. The minimum atomic E-state index is -2.87. The van der Waals surface area contributed by atoms with E-state index in [2.05, 4.69) is 17.2 Å². The Hall–Kier alpha value is -3.53. The first kappa shape index (κ1) is 22.2. The maximum Gasteiger partial charge on any atom is 0.286 e. The third kappa shape index (κ3) is 5.54. The van der Waals surface area contributed by atoms with E-state index < -0.39 is 30.3 Å². The summed E-state index contributed by atoms with van der Waals surface area (Å²) in [5.41, 5.74) is 0.0320. The van der Waals surface area contributed by atoms with Gasteiger partial charge in [0.1, 0.15) is 4.34 Å². The number of carbonyl (C=O) groups excluding carboxylic acids is 1. The monoisotopic (exact) mass is 461 g/mol. The zero-order valence-electron chi connectivity index (χ0n) is 15.5. The highest BCUT2D eigenvalue weighted by Crippen LogP contribution is 2.28. The van der Waals surface area contributed by atoms with Crippen molar-refractivity contribution in [2.45, 2.75) is 13.0 Å². The largest absolute Gasteiger partial charge is 0.320 e. The van der Waals surface area contributed by atoms with E-state index in [1.807, 2.05) is 6.07 Å². The van der Waals surface area contributed by atoms with Crippen LogP contribution in [-0.2, 0) is 6.54 Å². The lowest BCUT2D eigenvalue weighted by molar-refractivity contribution is 0.103. The number of rotatable bonds is 4. The van der Waals surface area contributed by atoms with Crippen LogP contribution in [0.5, 0.6) is 0 Å². The number of hydrogen-bond donors (Lipinski definition) is 1. The van der Waals surface area contributed by atoms with Gasteiger partial charge < -0.3 is 9.88 Å². The van der Waals surface area contributed by atoms with Crippen LogP contribution in [0, 0.1) is 29.0 Å². The summed E-state index contributed by atoms with van der Waals surface area (Å²) in [7, 11) is 0. The number of nitriles is 1. The highest BCUT2D eigenvalue weighted by atomic mass is 35.5. The average molecular weight is 462 g/mol. The van der Waals surface area contributed by atoms with Crippen LogP contribution in [0.4, 0.5) is 18.9 Å². The predicted octanol–water partition coefficient (Wildman–Crippen LogP) is 4.49. The zero-order chi connectivity index (χ0) is 22.5. The van der Waals surface area contributed by atoms with E-state index in [9.17, 15) is 22.8 Å². The van der Waals surface area contributed by atoms with Crippen LogP contribution >= 0.6 is 22.9 Å². The molecule has 0 aliphatic carbocycles. The van der Waals surface area contributed by atoms with Crippen molar-refractivity contribution in [3.8, 4) is 17.9 Å². The first-order chi connectivity index (χ1) is 14.8. The van der Waals surface area contributed by atoms with Crippen LogP contribution in [0.2, 0.25) is 4.34 Å². The third-order valence-electron chi connectivity index (χ3n) is 3.88. The van der Waals surface area contributed by atoms with Crippen molar-refractivity contribution < 1.29 is 18.0 Å². The van der Waals surface area contributed by atoms with Gasteiger partial charge in [0.15, 0.2) is 5.82 Å². The third-order valence-corrected chi connectivity index (χ3v) is 5.24. The van der Waals surface area contributed by atoms with Crippen molar-refractivity contribution in [2.75, 3.05) is 5.32 Å². The van der Waals surface area contributed by atoms with E-state index in [1.54, 1.807) is 24.3 Å². The van der Waals surface area contributed by atoms with E-state index in [1.165, 1.54) is 6.07 Å². The zero-order valence-corrected chi connectivity index (χ0v) is 17.0. The average Bonchev–Trinajstić information content (AvgIpc) is 3.10. The van der Waals surface area contributed by atoms with Gasteiger partial charge in [-0.3, -0.25) is 9.59 Å². The second-order valence-electron chi connectivity index (χ2n) is 6.12. The van der Waals surface area contributed by atoms with Gasteiger partial charge in [0, 0.05) is 17.8 Å². The molecule has 1 amide bonds. The molecule has 3 aromatic rings. The van der Waals surface area contributed by atoms with Crippen LogP contribution in [-0.4, -0.2) is 16.9 Å². The number of nitrogens with zero attached hydrogens (tertiary/aromatic N) is 2. The summed E-state index contributed by atoms with van der Waals surface area (Å²) in [6.45, 7) is -1.00. The number of hydrogen-bond acceptors (Lipinski definition) is 4. The fourth-order valence-electron chi connectivity index (χ4n) is 2.52. The summed E-state index contributed by atoms with van der Waals surface area (Å²) in [4.78, 5) is 24.2. The molecule has 0 aliphatic heterocycles. The molecule has 0 radical (unpaired) electrons. The van der Waals surface area contributed by atoms with Crippen LogP contribution in [0.25, 0.3) is 0 Å². The van der Waals surface area contributed by atoms with Gasteiger partial charge in [-0.15, -0.1) is 11.3 Å². The first-order valence-corrected chi connectivity index (χ1v) is 9.77. The van der Waals surface area contributed by atoms with Gasteiger partial charge in [-0.2, -0.15) is 5.26 Å². The molecular formula is C21H11ClF3N3O2S. The molecule has 2 aromatic heterocycles. The molecule has 0 spiro atoms. The second-order valence-corrected chi connectivity index (χ2v) is 7.77. The van der Waals surface area contributed by atoms with Crippen LogP contribution < -0.4 is 10.9 Å². The maximum atomic E-state index is 13.7. The Morgan fingerprint density at radius 3 is 2.68 bits per heavy atom. The van der Waals surface area contributed by atoms with Crippen molar-refractivity contribution in [1.29, 1.82) is 5.26 Å². The van der Waals surface area contributed by atoms with Crippen LogP contribution in [0.15, 0.2) is 47.4 Å². The molecular weight excluding hydrogens is 451 g/mol. The standard InChI is InChI=1S/C21H11ClF3N3O2S/c22-19-14(5-4-12-2-1-3-13(6-12)9-26)7-17(31-19)20(29)27-15-8-16(23)21(30)28(10-15)11-18(24)25/h1-3,6-8,10,18H,11H2,(H,27,29). The Balaban J connectivity index is 1.82. The molecule has 0 aliphatic rings. The van der Waals surface area contributed by atoms with Gasteiger partial charge in [-0.25, -0.2) is 13.2 Å². The number of nitrogens with one attached hydrogen (secondary N) is 1. The number of pyridine rings is 1. The predicted molar refractivity (Wildman–Crippen MR) is 111 cm³/mol. The number of halogens is 4. The summed E-state index contributed by atoms with van der Waals surface area (Å²) in [5, 5.41) is 11.3. The lowest BCUT2D eigenvalue weighted by atomic mass is 10.1. The number of thiophene rings is 1. The Kier molecular flexibility index (Phi) is 6.81. The van der Waals surface area contributed by atoms with E-state index in [0.29, 0.717) is 21.3 Å². The van der Waals surface area contributed by atoms with E-state index in [0.717, 1.165) is 23.6 Å². The van der Waals surface area contributed by atoms with Gasteiger partial charge >= 0.3 is 0 Å². The van der Waals surface area contributed by atoms with E-state index in [4.69, 9.17) is 16.9 Å². The topological polar surface area (TPSA) is 74.9 Å². The number of carbonyl (C=O) groups is 1. The number of anilines is 1. The smallest absolute Gasteiger partial charge is 0.286 e. The number of alkyl halides is 2. The summed E-state index contributed by atoms with van der Waals surface area (Å²) < 4.78 is 39.6.